The third-order valence-electron chi connectivity index (χ3n) is 2.10. The summed E-state index contributed by atoms with van der Waals surface area (Å²) in [5.41, 5.74) is 0.296. The molecule has 1 rings (SSSR count). The summed E-state index contributed by atoms with van der Waals surface area (Å²) < 4.78 is 21.3. The first-order chi connectivity index (χ1) is 7.63. The van der Waals surface area contributed by atoms with Crippen LogP contribution in [0.4, 0.5) is 0 Å². The van der Waals surface area contributed by atoms with Crippen molar-refractivity contribution in [2.24, 2.45) is 0 Å². The van der Waals surface area contributed by atoms with E-state index in [1.807, 2.05) is 6.92 Å². The Morgan fingerprint density at radius 2 is 2.12 bits per heavy atom. The van der Waals surface area contributed by atoms with E-state index in [9.17, 15) is 9.35 Å². The molecule has 0 N–H and O–H groups in total. The minimum absolute atomic E-state index is 0.296. The Hall–Kier alpha value is -1.20. The number of methoxy groups -OCH3 is 2. The van der Waals surface area contributed by atoms with Gasteiger partial charge in [-0.2, -0.15) is 0 Å². The second kappa shape index (κ2) is 5.77. The topological polar surface area (TPSA) is 58.6 Å². The van der Waals surface area contributed by atoms with Crippen LogP contribution in [0.5, 0.6) is 5.75 Å². The second-order valence-corrected chi connectivity index (χ2v) is 4.73. The number of hydrogen-bond donors (Lipinski definition) is 0. The average molecular weight is 242 g/mol. The predicted octanol–water partition coefficient (Wildman–Crippen LogP) is 1.61. The van der Waals surface area contributed by atoms with Crippen molar-refractivity contribution < 1.29 is 18.8 Å². The van der Waals surface area contributed by atoms with Gasteiger partial charge >= 0.3 is 5.97 Å². The summed E-state index contributed by atoms with van der Waals surface area (Å²) in [5, 5.41) is 0. The lowest BCUT2D eigenvalue weighted by atomic mass is 10.2. The highest BCUT2D eigenvalue weighted by atomic mass is 32.2. The van der Waals surface area contributed by atoms with E-state index in [2.05, 4.69) is 4.74 Å². The Labute approximate surface area is 97.7 Å². The van der Waals surface area contributed by atoms with E-state index >= 15 is 0 Å². The highest BCUT2D eigenvalue weighted by Crippen LogP contribution is 2.23. The van der Waals surface area contributed by atoms with Gasteiger partial charge in [0.1, 0.15) is 17.1 Å². The zero-order chi connectivity index (χ0) is 12.1. The molecule has 0 bridgehead atoms. The summed E-state index contributed by atoms with van der Waals surface area (Å²) in [6.07, 6.45) is 0. The third kappa shape index (κ3) is 2.68. The van der Waals surface area contributed by atoms with E-state index in [1.165, 1.54) is 14.2 Å². The average Bonchev–Trinajstić information content (AvgIpc) is 2.35. The maximum atomic E-state index is 11.6. The number of hydrogen-bond acceptors (Lipinski definition) is 4. The summed E-state index contributed by atoms with van der Waals surface area (Å²) in [4.78, 5) is 12.1. The molecule has 1 unspecified atom stereocenters. The molecule has 0 aliphatic carbocycles. The zero-order valence-corrected chi connectivity index (χ0v) is 10.3. The number of rotatable bonds is 4. The lowest BCUT2D eigenvalue weighted by Crippen LogP contribution is -2.08. The molecule has 0 aliphatic heterocycles. The number of esters is 1. The Kier molecular flexibility index (Phi) is 4.64. The highest BCUT2D eigenvalue weighted by molar-refractivity contribution is 7.91. The fraction of sp³-hybridized carbons (Fsp3) is 0.364. The number of carbonyl (C=O) groups is 1. The van der Waals surface area contributed by atoms with Crippen LogP contribution in [0.2, 0.25) is 0 Å². The molecule has 0 heterocycles. The van der Waals surface area contributed by atoms with E-state index in [0.717, 1.165) is 0 Å². The van der Waals surface area contributed by atoms with Crippen LogP contribution < -0.4 is 4.74 Å². The first-order valence-electron chi connectivity index (χ1n) is 4.78. The Bertz CT molecular complexity index is 378. The largest absolute Gasteiger partial charge is 0.611 e. The molecule has 0 saturated heterocycles. The van der Waals surface area contributed by atoms with E-state index in [0.29, 0.717) is 22.0 Å². The first kappa shape index (κ1) is 12.9. The predicted molar refractivity (Wildman–Crippen MR) is 61.3 cm³/mol. The molecule has 0 aliphatic rings. The van der Waals surface area contributed by atoms with Crippen LogP contribution in [-0.2, 0) is 15.9 Å². The van der Waals surface area contributed by atoms with E-state index < -0.39 is 17.1 Å². The molecule has 0 saturated carbocycles. The fourth-order valence-electron chi connectivity index (χ4n) is 1.26. The van der Waals surface area contributed by atoms with Crippen LogP contribution in [0.25, 0.3) is 0 Å². The maximum Gasteiger partial charge on any atom is 0.341 e. The van der Waals surface area contributed by atoms with Crippen LogP contribution in [0.1, 0.15) is 17.3 Å². The van der Waals surface area contributed by atoms with E-state index in [-0.39, 0.29) is 0 Å². The monoisotopic (exact) mass is 242 g/mol. The molecule has 1 aromatic carbocycles. The summed E-state index contributed by atoms with van der Waals surface area (Å²) in [7, 11) is 2.77. The van der Waals surface area contributed by atoms with Crippen molar-refractivity contribution in [3.05, 3.63) is 23.8 Å². The van der Waals surface area contributed by atoms with Crippen molar-refractivity contribution in [3.63, 3.8) is 0 Å². The molecule has 5 heteroatoms. The van der Waals surface area contributed by atoms with Crippen molar-refractivity contribution in [1.82, 2.24) is 0 Å². The summed E-state index contributed by atoms with van der Waals surface area (Å²) in [5.74, 6) is 0.433. The molecule has 0 fully saturated rings. The Morgan fingerprint density at radius 1 is 1.44 bits per heavy atom. The molecule has 1 aromatic rings. The summed E-state index contributed by atoms with van der Waals surface area (Å²) in [6, 6.07) is 4.85. The van der Waals surface area contributed by atoms with Crippen molar-refractivity contribution in [2.45, 2.75) is 11.8 Å². The van der Waals surface area contributed by atoms with Crippen molar-refractivity contribution in [1.29, 1.82) is 0 Å². The first-order valence-corrected chi connectivity index (χ1v) is 6.10. The van der Waals surface area contributed by atoms with Crippen molar-refractivity contribution in [2.75, 3.05) is 20.0 Å². The minimum Gasteiger partial charge on any atom is -0.611 e. The van der Waals surface area contributed by atoms with Gasteiger partial charge in [0.05, 0.1) is 14.2 Å². The van der Waals surface area contributed by atoms with E-state index in [1.54, 1.807) is 18.2 Å². The van der Waals surface area contributed by atoms with Gasteiger partial charge in [-0.3, -0.25) is 0 Å². The van der Waals surface area contributed by atoms with Gasteiger partial charge in [-0.1, -0.05) is 0 Å². The molecule has 16 heavy (non-hydrogen) atoms. The fourth-order valence-corrected chi connectivity index (χ4v) is 2.07. The Balaban J connectivity index is 3.16. The molecule has 0 aromatic heterocycles. The van der Waals surface area contributed by atoms with Crippen LogP contribution in [0, 0.1) is 0 Å². The van der Waals surface area contributed by atoms with Crippen molar-refractivity contribution in [3.8, 4) is 5.75 Å². The second-order valence-electron chi connectivity index (χ2n) is 2.99. The van der Waals surface area contributed by atoms with Crippen LogP contribution in [0.3, 0.4) is 0 Å². The van der Waals surface area contributed by atoms with Crippen LogP contribution in [-0.4, -0.2) is 30.5 Å². The normalized spacial score (nSPS) is 12.0. The molecular weight excluding hydrogens is 228 g/mol. The molecule has 88 valence electrons. The molecule has 1 atom stereocenters. The van der Waals surface area contributed by atoms with E-state index in [4.69, 9.17) is 4.74 Å². The van der Waals surface area contributed by atoms with Gasteiger partial charge in [0, 0.05) is 6.07 Å². The van der Waals surface area contributed by atoms with Gasteiger partial charge < -0.3 is 14.0 Å². The van der Waals surface area contributed by atoms with Gasteiger partial charge in [-0.05, 0) is 30.2 Å². The van der Waals surface area contributed by atoms with Gasteiger partial charge in [0.2, 0.25) is 0 Å². The standard InChI is InChI=1S/C11H14O4S/c1-4-16(13)8-5-6-10(14-2)9(7-8)11(12)15-3/h5-7H,4H2,1-3H3. The number of benzene rings is 1. The Morgan fingerprint density at radius 3 is 2.62 bits per heavy atom. The number of ether oxygens (including phenoxy) is 2. The molecular formula is C11H14O4S. The molecule has 0 amide bonds. The van der Waals surface area contributed by atoms with Gasteiger partial charge in [-0.25, -0.2) is 4.79 Å². The van der Waals surface area contributed by atoms with Gasteiger partial charge in [0.15, 0.2) is 4.90 Å². The van der Waals surface area contributed by atoms with Crippen LogP contribution >= 0.6 is 0 Å². The van der Waals surface area contributed by atoms with Crippen LogP contribution in [0.15, 0.2) is 23.1 Å². The lowest BCUT2D eigenvalue weighted by Gasteiger charge is -2.11. The van der Waals surface area contributed by atoms with Crippen molar-refractivity contribution >= 4 is 17.1 Å². The maximum absolute atomic E-state index is 11.6. The number of carbonyl (C=O) groups excluding carboxylic acids is 1. The van der Waals surface area contributed by atoms with Gasteiger partial charge in [0.25, 0.3) is 0 Å². The summed E-state index contributed by atoms with van der Waals surface area (Å²) >= 11 is -1.09. The smallest absolute Gasteiger partial charge is 0.341 e. The molecule has 0 radical (unpaired) electrons. The lowest BCUT2D eigenvalue weighted by molar-refractivity contribution is 0.0597. The quantitative estimate of drug-likeness (QED) is 0.594. The highest BCUT2D eigenvalue weighted by Gasteiger charge is 2.17. The minimum atomic E-state index is -1.09. The third-order valence-corrected chi connectivity index (χ3v) is 3.41. The zero-order valence-electron chi connectivity index (χ0n) is 9.48. The summed E-state index contributed by atoms with van der Waals surface area (Å²) in [6.45, 7) is 1.82. The van der Waals surface area contributed by atoms with Gasteiger partial charge in [-0.15, -0.1) is 0 Å². The SMILES string of the molecule is CC[S+]([O-])c1ccc(OC)c(C(=O)OC)c1. The molecule has 4 nitrogen and oxygen atoms in total. The molecule has 0 spiro atoms.